The van der Waals surface area contributed by atoms with Crippen molar-refractivity contribution in [3.05, 3.63) is 29.8 Å². The maximum Gasteiger partial charge on any atom is 0.260 e. The van der Waals surface area contributed by atoms with Gasteiger partial charge in [0.15, 0.2) is 6.61 Å². The van der Waals surface area contributed by atoms with Crippen LogP contribution < -0.4 is 4.74 Å². The second-order valence-corrected chi connectivity index (χ2v) is 8.25. The first kappa shape index (κ1) is 20.1. The zero-order chi connectivity index (χ0) is 19.4. The van der Waals surface area contributed by atoms with Gasteiger partial charge in [-0.25, -0.2) is 0 Å². The molecule has 1 aromatic carbocycles. The van der Waals surface area contributed by atoms with E-state index in [4.69, 9.17) is 4.74 Å². The molecule has 27 heavy (non-hydrogen) atoms. The lowest BCUT2D eigenvalue weighted by Crippen LogP contribution is -2.40. The molecule has 2 aliphatic rings. The van der Waals surface area contributed by atoms with E-state index in [1.54, 1.807) is 0 Å². The summed E-state index contributed by atoms with van der Waals surface area (Å²) in [4.78, 5) is 18.7. The lowest BCUT2D eigenvalue weighted by atomic mass is 9.99. The molecule has 0 radical (unpaired) electrons. The lowest BCUT2D eigenvalue weighted by Gasteiger charge is -2.30. The predicted molar refractivity (Wildman–Crippen MR) is 106 cm³/mol. The van der Waals surface area contributed by atoms with E-state index in [0.717, 1.165) is 43.8 Å². The molecule has 0 bridgehead atoms. The van der Waals surface area contributed by atoms with Gasteiger partial charge in [-0.2, -0.15) is 0 Å². The van der Waals surface area contributed by atoms with Crippen molar-refractivity contribution in [2.45, 2.75) is 38.5 Å². The Morgan fingerprint density at radius 2 is 1.93 bits per heavy atom. The summed E-state index contributed by atoms with van der Waals surface area (Å²) in [5.74, 6) is 1.54. The minimum Gasteiger partial charge on any atom is -0.483 e. The second kappa shape index (κ2) is 9.04. The number of benzene rings is 1. The van der Waals surface area contributed by atoms with Crippen LogP contribution in [0.1, 0.15) is 25.3 Å². The number of β-amino-alcohol motifs (C(OH)–C–C–N with tert-alkyl or cyclic N) is 1. The number of para-hydroxylation sites is 1. The van der Waals surface area contributed by atoms with Gasteiger partial charge >= 0.3 is 0 Å². The number of hydrogen-bond donors (Lipinski definition) is 1. The van der Waals surface area contributed by atoms with Gasteiger partial charge in [0, 0.05) is 44.3 Å². The van der Waals surface area contributed by atoms with Crippen LogP contribution in [-0.2, 0) is 11.3 Å². The van der Waals surface area contributed by atoms with E-state index >= 15 is 0 Å². The Balaban J connectivity index is 1.56. The SMILES string of the molecule is CC1CCN(C(=O)COc2ccccc2CN2C[C@@H](O)[C@H](N(C)C)C2)CC1. The number of carbonyl (C=O) groups is 1. The van der Waals surface area contributed by atoms with Crippen LogP contribution in [0.25, 0.3) is 0 Å². The highest BCUT2D eigenvalue weighted by molar-refractivity contribution is 5.77. The number of aliphatic hydroxyl groups excluding tert-OH is 1. The van der Waals surface area contributed by atoms with Crippen LogP contribution in [0.15, 0.2) is 24.3 Å². The summed E-state index contributed by atoms with van der Waals surface area (Å²) < 4.78 is 5.90. The minimum absolute atomic E-state index is 0.0703. The van der Waals surface area contributed by atoms with Crippen LogP contribution in [0, 0.1) is 5.92 Å². The maximum atomic E-state index is 12.4. The monoisotopic (exact) mass is 375 g/mol. The van der Waals surface area contributed by atoms with Crippen LogP contribution in [-0.4, -0.2) is 84.7 Å². The second-order valence-electron chi connectivity index (χ2n) is 8.25. The fourth-order valence-electron chi connectivity index (χ4n) is 3.99. The quantitative estimate of drug-likeness (QED) is 0.815. The van der Waals surface area contributed by atoms with Gasteiger partial charge in [0.25, 0.3) is 5.91 Å². The molecule has 0 spiro atoms. The summed E-state index contributed by atoms with van der Waals surface area (Å²) in [5, 5.41) is 10.3. The summed E-state index contributed by atoms with van der Waals surface area (Å²) in [6.45, 7) is 6.20. The smallest absolute Gasteiger partial charge is 0.260 e. The van der Waals surface area contributed by atoms with E-state index in [0.29, 0.717) is 19.0 Å². The Hall–Kier alpha value is -1.63. The molecule has 6 heteroatoms. The van der Waals surface area contributed by atoms with Crippen molar-refractivity contribution in [2.75, 3.05) is 46.9 Å². The van der Waals surface area contributed by atoms with Gasteiger partial charge in [0.2, 0.25) is 0 Å². The van der Waals surface area contributed by atoms with E-state index in [9.17, 15) is 9.90 Å². The largest absolute Gasteiger partial charge is 0.483 e. The minimum atomic E-state index is -0.337. The molecule has 2 atom stereocenters. The van der Waals surface area contributed by atoms with Crippen molar-refractivity contribution < 1.29 is 14.6 Å². The molecule has 150 valence electrons. The predicted octanol–water partition coefficient (Wildman–Crippen LogP) is 1.43. The molecule has 2 fully saturated rings. The third-order valence-electron chi connectivity index (χ3n) is 5.85. The van der Waals surface area contributed by atoms with Crippen LogP contribution in [0.2, 0.25) is 0 Å². The van der Waals surface area contributed by atoms with Crippen molar-refractivity contribution in [2.24, 2.45) is 5.92 Å². The van der Waals surface area contributed by atoms with E-state index < -0.39 is 0 Å². The molecule has 1 aromatic rings. The molecule has 2 aliphatic heterocycles. The van der Waals surface area contributed by atoms with Gasteiger partial charge in [0.1, 0.15) is 5.75 Å². The molecule has 0 aromatic heterocycles. The molecule has 0 unspecified atom stereocenters. The van der Waals surface area contributed by atoms with E-state index in [2.05, 4.69) is 16.7 Å². The molecule has 2 heterocycles. The number of hydrogen-bond acceptors (Lipinski definition) is 5. The summed E-state index contributed by atoms with van der Waals surface area (Å²) >= 11 is 0. The Labute approximate surface area is 162 Å². The standard InChI is InChI=1S/C21H33N3O3/c1-16-8-10-24(11-9-16)21(26)15-27-20-7-5-4-6-17(20)12-23-13-18(22(2)3)19(25)14-23/h4-7,16,18-19,25H,8-15H2,1-3H3/t18-,19-/m1/s1. The molecular formula is C21H33N3O3. The van der Waals surface area contributed by atoms with Crippen LogP contribution in [0.5, 0.6) is 5.75 Å². The van der Waals surface area contributed by atoms with E-state index in [-0.39, 0.29) is 24.7 Å². The van der Waals surface area contributed by atoms with Crippen molar-refractivity contribution in [3.8, 4) is 5.75 Å². The van der Waals surface area contributed by atoms with Crippen LogP contribution >= 0.6 is 0 Å². The number of likely N-dealkylation sites (N-methyl/N-ethyl adjacent to an activating group) is 1. The summed E-state index contributed by atoms with van der Waals surface area (Å²) in [6, 6.07) is 8.05. The Morgan fingerprint density at radius 1 is 1.22 bits per heavy atom. The molecule has 0 aliphatic carbocycles. The van der Waals surface area contributed by atoms with E-state index in [1.165, 1.54) is 0 Å². The number of carbonyl (C=O) groups excluding carboxylic acids is 1. The highest BCUT2D eigenvalue weighted by atomic mass is 16.5. The van der Waals surface area contributed by atoms with Gasteiger partial charge < -0.3 is 19.6 Å². The number of ether oxygens (including phenoxy) is 1. The number of amides is 1. The number of rotatable bonds is 6. The van der Waals surface area contributed by atoms with Gasteiger partial charge in [-0.15, -0.1) is 0 Å². The summed E-state index contributed by atoms with van der Waals surface area (Å²) in [5.41, 5.74) is 1.06. The normalized spacial score (nSPS) is 24.6. The Bertz CT molecular complexity index is 629. The average molecular weight is 376 g/mol. The third-order valence-corrected chi connectivity index (χ3v) is 5.85. The molecule has 2 saturated heterocycles. The fourth-order valence-corrected chi connectivity index (χ4v) is 3.99. The first-order valence-corrected chi connectivity index (χ1v) is 9.99. The average Bonchev–Trinajstić information content (AvgIpc) is 3.02. The number of likely N-dealkylation sites (tertiary alicyclic amines) is 2. The van der Waals surface area contributed by atoms with Crippen molar-refractivity contribution in [1.29, 1.82) is 0 Å². The zero-order valence-corrected chi connectivity index (χ0v) is 16.8. The lowest BCUT2D eigenvalue weighted by molar-refractivity contribution is -0.134. The van der Waals surface area contributed by atoms with Gasteiger partial charge in [-0.3, -0.25) is 9.69 Å². The third kappa shape index (κ3) is 5.21. The van der Waals surface area contributed by atoms with E-state index in [1.807, 2.05) is 43.3 Å². The van der Waals surface area contributed by atoms with Crippen LogP contribution in [0.3, 0.4) is 0 Å². The van der Waals surface area contributed by atoms with Crippen molar-refractivity contribution >= 4 is 5.91 Å². The van der Waals surface area contributed by atoms with Gasteiger partial charge in [-0.05, 0) is 38.9 Å². The first-order valence-electron chi connectivity index (χ1n) is 9.99. The molecule has 1 N–H and O–H groups in total. The molecular weight excluding hydrogens is 342 g/mol. The Kier molecular flexibility index (Phi) is 6.73. The Morgan fingerprint density at radius 3 is 2.59 bits per heavy atom. The van der Waals surface area contributed by atoms with Crippen molar-refractivity contribution in [3.63, 3.8) is 0 Å². The van der Waals surface area contributed by atoms with Crippen LogP contribution in [0.4, 0.5) is 0 Å². The molecule has 0 saturated carbocycles. The summed E-state index contributed by atoms with van der Waals surface area (Å²) in [6.07, 6.45) is 1.82. The number of piperidine rings is 1. The number of nitrogens with zero attached hydrogens (tertiary/aromatic N) is 3. The first-order chi connectivity index (χ1) is 12.9. The molecule has 6 nitrogen and oxygen atoms in total. The summed E-state index contributed by atoms with van der Waals surface area (Å²) in [7, 11) is 4.00. The molecule has 1 amide bonds. The van der Waals surface area contributed by atoms with Gasteiger partial charge in [0.05, 0.1) is 6.10 Å². The fraction of sp³-hybridized carbons (Fsp3) is 0.667. The zero-order valence-electron chi connectivity index (χ0n) is 16.8. The maximum absolute atomic E-state index is 12.4. The highest BCUT2D eigenvalue weighted by Crippen LogP contribution is 2.24. The van der Waals surface area contributed by atoms with Crippen molar-refractivity contribution in [1.82, 2.24) is 14.7 Å². The van der Waals surface area contributed by atoms with Gasteiger partial charge in [-0.1, -0.05) is 25.1 Å². The molecule has 3 rings (SSSR count). The topological polar surface area (TPSA) is 56.3 Å². The highest BCUT2D eigenvalue weighted by Gasteiger charge is 2.32. The number of aliphatic hydroxyl groups is 1.